The molecular formula is C22H24N2O4. The minimum absolute atomic E-state index is 0.0760. The molecule has 28 heavy (non-hydrogen) atoms. The summed E-state index contributed by atoms with van der Waals surface area (Å²) >= 11 is 0. The fourth-order valence-corrected chi connectivity index (χ4v) is 3.25. The van der Waals surface area contributed by atoms with Crippen LogP contribution in [0, 0.1) is 5.92 Å². The van der Waals surface area contributed by atoms with Gasteiger partial charge in [-0.1, -0.05) is 60.7 Å². The van der Waals surface area contributed by atoms with E-state index in [1.54, 1.807) is 4.90 Å². The van der Waals surface area contributed by atoms with Crippen LogP contribution in [0.25, 0.3) is 0 Å². The van der Waals surface area contributed by atoms with E-state index in [0.29, 0.717) is 13.1 Å². The number of hydrogen-bond acceptors (Lipinski definition) is 4. The molecule has 2 aromatic carbocycles. The maximum absolute atomic E-state index is 12.3. The molecule has 2 aromatic rings. The van der Waals surface area contributed by atoms with E-state index in [1.807, 2.05) is 67.6 Å². The third-order valence-electron chi connectivity index (χ3n) is 4.79. The topological polar surface area (TPSA) is 75.7 Å². The molecule has 2 amide bonds. The van der Waals surface area contributed by atoms with Gasteiger partial charge in [0.05, 0.1) is 12.0 Å². The van der Waals surface area contributed by atoms with E-state index >= 15 is 0 Å². The van der Waals surface area contributed by atoms with Gasteiger partial charge in [0.1, 0.15) is 0 Å². The number of nitrogens with one attached hydrogen (secondary N) is 1. The summed E-state index contributed by atoms with van der Waals surface area (Å²) in [5.41, 5.74) is 1.99. The highest BCUT2D eigenvalue weighted by molar-refractivity contribution is 5.88. The van der Waals surface area contributed by atoms with Gasteiger partial charge in [0.2, 0.25) is 5.91 Å². The molecule has 0 aliphatic carbocycles. The third-order valence-corrected chi connectivity index (χ3v) is 4.79. The van der Waals surface area contributed by atoms with Gasteiger partial charge >= 0.3 is 5.97 Å². The zero-order chi connectivity index (χ0) is 19.9. The number of likely N-dealkylation sites (tertiary alicyclic amines) is 1. The van der Waals surface area contributed by atoms with Crippen molar-refractivity contribution >= 4 is 17.8 Å². The second kappa shape index (κ2) is 9.17. The van der Waals surface area contributed by atoms with E-state index in [2.05, 4.69) is 5.32 Å². The van der Waals surface area contributed by atoms with E-state index in [0.717, 1.165) is 11.1 Å². The van der Waals surface area contributed by atoms with Crippen molar-refractivity contribution in [2.24, 2.45) is 5.92 Å². The van der Waals surface area contributed by atoms with Gasteiger partial charge in [-0.15, -0.1) is 0 Å². The fourth-order valence-electron chi connectivity index (χ4n) is 3.25. The van der Waals surface area contributed by atoms with Crippen molar-refractivity contribution in [1.29, 1.82) is 0 Å². The van der Waals surface area contributed by atoms with E-state index in [4.69, 9.17) is 4.74 Å². The molecule has 1 N–H and O–H groups in total. The quantitative estimate of drug-likeness (QED) is 0.749. The SMILES string of the molecule is C[C@H](NC(=O)COC(=O)[C@H]1CC(=O)N(Cc2ccccc2)C1)c1ccccc1. The van der Waals surface area contributed by atoms with Gasteiger partial charge in [0.15, 0.2) is 6.61 Å². The molecule has 1 saturated heterocycles. The Balaban J connectivity index is 1.44. The highest BCUT2D eigenvalue weighted by Crippen LogP contribution is 2.21. The van der Waals surface area contributed by atoms with Gasteiger partial charge in [-0.2, -0.15) is 0 Å². The van der Waals surface area contributed by atoms with Crippen LogP contribution in [0.4, 0.5) is 0 Å². The molecule has 2 atom stereocenters. The monoisotopic (exact) mass is 380 g/mol. The van der Waals surface area contributed by atoms with Gasteiger partial charge in [-0.3, -0.25) is 14.4 Å². The number of benzene rings is 2. The highest BCUT2D eigenvalue weighted by atomic mass is 16.5. The molecule has 0 radical (unpaired) electrons. The van der Waals surface area contributed by atoms with Gasteiger partial charge in [0.25, 0.3) is 5.91 Å². The van der Waals surface area contributed by atoms with Gasteiger partial charge in [0, 0.05) is 19.5 Å². The van der Waals surface area contributed by atoms with Crippen LogP contribution in [-0.2, 0) is 25.7 Å². The van der Waals surface area contributed by atoms with Crippen molar-refractivity contribution in [2.45, 2.75) is 25.9 Å². The average Bonchev–Trinajstić information content (AvgIpc) is 3.08. The van der Waals surface area contributed by atoms with Crippen LogP contribution < -0.4 is 5.32 Å². The summed E-state index contributed by atoms with van der Waals surface area (Å²) in [5, 5.41) is 2.80. The molecule has 0 spiro atoms. The Kier molecular flexibility index (Phi) is 6.42. The Morgan fingerprint density at radius 1 is 1.11 bits per heavy atom. The highest BCUT2D eigenvalue weighted by Gasteiger charge is 2.35. The number of amides is 2. The molecule has 0 bridgehead atoms. The molecule has 1 aliphatic heterocycles. The van der Waals surface area contributed by atoms with E-state index in [9.17, 15) is 14.4 Å². The first kappa shape index (κ1) is 19.6. The molecule has 0 aromatic heterocycles. The first-order chi connectivity index (χ1) is 13.5. The molecule has 6 nitrogen and oxygen atoms in total. The molecule has 1 heterocycles. The van der Waals surface area contributed by atoms with Crippen LogP contribution in [-0.4, -0.2) is 35.8 Å². The number of hydrogen-bond donors (Lipinski definition) is 1. The van der Waals surface area contributed by atoms with Gasteiger partial charge in [-0.25, -0.2) is 0 Å². The average molecular weight is 380 g/mol. The zero-order valence-corrected chi connectivity index (χ0v) is 15.8. The Labute approximate surface area is 164 Å². The number of rotatable bonds is 7. The first-order valence-corrected chi connectivity index (χ1v) is 9.35. The van der Waals surface area contributed by atoms with Crippen molar-refractivity contribution in [1.82, 2.24) is 10.2 Å². The van der Waals surface area contributed by atoms with Crippen molar-refractivity contribution in [3.05, 3.63) is 71.8 Å². The maximum atomic E-state index is 12.3. The summed E-state index contributed by atoms with van der Waals surface area (Å²) in [6.07, 6.45) is 0.119. The van der Waals surface area contributed by atoms with Crippen molar-refractivity contribution in [3.8, 4) is 0 Å². The summed E-state index contributed by atoms with van der Waals surface area (Å²) in [6.45, 7) is 2.30. The molecule has 0 saturated carbocycles. The van der Waals surface area contributed by atoms with Crippen molar-refractivity contribution in [3.63, 3.8) is 0 Å². The van der Waals surface area contributed by atoms with E-state index in [1.165, 1.54) is 0 Å². The lowest BCUT2D eigenvalue weighted by atomic mass is 10.1. The Hall–Kier alpha value is -3.15. The van der Waals surface area contributed by atoms with Crippen molar-refractivity contribution in [2.75, 3.05) is 13.2 Å². The summed E-state index contributed by atoms with van der Waals surface area (Å²) in [4.78, 5) is 38.1. The van der Waals surface area contributed by atoms with E-state index in [-0.39, 0.29) is 30.9 Å². The fraction of sp³-hybridized carbons (Fsp3) is 0.318. The summed E-state index contributed by atoms with van der Waals surface area (Å²) in [5.74, 6) is -1.48. The van der Waals surface area contributed by atoms with E-state index < -0.39 is 11.9 Å². The Morgan fingerprint density at radius 2 is 1.75 bits per heavy atom. The van der Waals surface area contributed by atoms with Crippen LogP contribution >= 0.6 is 0 Å². The standard InChI is InChI=1S/C22H24N2O4/c1-16(18-10-6-3-7-11-18)23-20(25)15-28-22(27)19-12-21(26)24(14-19)13-17-8-4-2-5-9-17/h2-11,16,19H,12-15H2,1H3,(H,23,25)/t16-,19-/m0/s1. The normalized spacial score (nSPS) is 17.2. The minimum atomic E-state index is -0.532. The number of carbonyl (C=O) groups excluding carboxylic acids is 3. The molecule has 146 valence electrons. The lowest BCUT2D eigenvalue weighted by Crippen LogP contribution is -2.32. The molecule has 1 aliphatic rings. The number of carbonyl (C=O) groups is 3. The van der Waals surface area contributed by atoms with Crippen molar-refractivity contribution < 1.29 is 19.1 Å². The third kappa shape index (κ3) is 5.19. The maximum Gasteiger partial charge on any atom is 0.311 e. The Morgan fingerprint density at radius 3 is 2.43 bits per heavy atom. The second-order valence-electron chi connectivity index (χ2n) is 6.97. The number of ether oxygens (including phenoxy) is 1. The molecule has 1 fully saturated rings. The summed E-state index contributed by atoms with van der Waals surface area (Å²) in [6, 6.07) is 19.0. The molecule has 3 rings (SSSR count). The van der Waals surface area contributed by atoms with Crippen LogP contribution in [0.2, 0.25) is 0 Å². The smallest absolute Gasteiger partial charge is 0.311 e. The number of esters is 1. The second-order valence-corrected chi connectivity index (χ2v) is 6.97. The predicted octanol–water partition coefficient (Wildman–Crippen LogP) is 2.46. The van der Waals surface area contributed by atoms with Crippen LogP contribution in [0.5, 0.6) is 0 Å². The zero-order valence-electron chi connectivity index (χ0n) is 15.8. The predicted molar refractivity (Wildman–Crippen MR) is 104 cm³/mol. The largest absolute Gasteiger partial charge is 0.455 e. The van der Waals surface area contributed by atoms with Crippen LogP contribution in [0.3, 0.4) is 0 Å². The summed E-state index contributed by atoms with van der Waals surface area (Å²) < 4.78 is 5.14. The summed E-state index contributed by atoms with van der Waals surface area (Å²) in [7, 11) is 0. The number of nitrogens with zero attached hydrogens (tertiary/aromatic N) is 1. The molecule has 6 heteroatoms. The van der Waals surface area contributed by atoms with Crippen LogP contribution in [0.15, 0.2) is 60.7 Å². The first-order valence-electron chi connectivity index (χ1n) is 9.35. The molecule has 0 unspecified atom stereocenters. The van der Waals surface area contributed by atoms with Crippen LogP contribution in [0.1, 0.15) is 30.5 Å². The lowest BCUT2D eigenvalue weighted by molar-refractivity contribution is -0.152. The Bertz CT molecular complexity index is 823. The lowest BCUT2D eigenvalue weighted by Gasteiger charge is -2.17. The van der Waals surface area contributed by atoms with Gasteiger partial charge < -0.3 is 15.0 Å². The molecular weight excluding hydrogens is 356 g/mol. The van der Waals surface area contributed by atoms with Gasteiger partial charge in [-0.05, 0) is 18.1 Å². The minimum Gasteiger partial charge on any atom is -0.455 e.